The Labute approximate surface area is 186 Å². The number of para-hydroxylation sites is 1. The monoisotopic (exact) mass is 464 g/mol. The van der Waals surface area contributed by atoms with Gasteiger partial charge in [-0.05, 0) is 36.2 Å². The van der Waals surface area contributed by atoms with Gasteiger partial charge in [-0.15, -0.1) is 0 Å². The van der Waals surface area contributed by atoms with E-state index in [-0.39, 0.29) is 18.1 Å². The molecule has 0 aliphatic carbocycles. The maximum atomic E-state index is 13.1. The molecule has 4 rings (SSSR count). The molecule has 2 atom stereocenters. The van der Waals surface area contributed by atoms with E-state index in [1.54, 1.807) is 0 Å². The molecule has 1 fully saturated rings. The molecule has 0 bridgehead atoms. The number of carbonyl (C=O) groups excluding carboxylic acids is 1. The number of halogens is 1. The predicted octanol–water partition coefficient (Wildman–Crippen LogP) is 5.52. The minimum absolute atomic E-state index is 0.00478. The zero-order valence-electron chi connectivity index (χ0n) is 16.9. The molecule has 3 aromatic rings. The summed E-state index contributed by atoms with van der Waals surface area (Å²) in [7, 11) is 0. The average molecular weight is 465 g/mol. The van der Waals surface area contributed by atoms with E-state index in [0.717, 1.165) is 33.4 Å². The minimum atomic E-state index is -0.254. The third-order valence-corrected chi connectivity index (χ3v) is 6.07. The van der Waals surface area contributed by atoms with Crippen LogP contribution in [-0.2, 0) is 9.53 Å². The van der Waals surface area contributed by atoms with Gasteiger partial charge in [0.2, 0.25) is 5.91 Å². The Bertz CT molecular complexity index is 992. The summed E-state index contributed by atoms with van der Waals surface area (Å²) in [6, 6.07) is 26.0. The van der Waals surface area contributed by atoms with Crippen LogP contribution in [0.1, 0.15) is 18.6 Å². The Hall–Kier alpha value is -2.47. The van der Waals surface area contributed by atoms with Crippen LogP contribution >= 0.6 is 15.9 Å². The van der Waals surface area contributed by atoms with E-state index in [4.69, 9.17) is 4.74 Å². The van der Waals surface area contributed by atoms with Crippen molar-refractivity contribution >= 4 is 27.5 Å². The number of hydrogen-bond donors (Lipinski definition) is 1. The van der Waals surface area contributed by atoms with Gasteiger partial charge in [0.25, 0.3) is 0 Å². The number of rotatable bonds is 5. The fourth-order valence-electron chi connectivity index (χ4n) is 3.76. The second-order valence-corrected chi connectivity index (χ2v) is 8.40. The number of amides is 1. The Morgan fingerprint density at radius 3 is 2.50 bits per heavy atom. The molecule has 2 unspecified atom stereocenters. The van der Waals surface area contributed by atoms with Gasteiger partial charge in [-0.25, -0.2) is 0 Å². The van der Waals surface area contributed by atoms with E-state index in [1.165, 1.54) is 0 Å². The highest BCUT2D eigenvalue weighted by Crippen LogP contribution is 2.29. The van der Waals surface area contributed by atoms with Crippen molar-refractivity contribution in [2.75, 3.05) is 25.0 Å². The highest BCUT2D eigenvalue weighted by Gasteiger charge is 2.29. The molecule has 1 heterocycles. The van der Waals surface area contributed by atoms with E-state index in [2.05, 4.69) is 50.4 Å². The largest absolute Gasteiger partial charge is 0.371 e. The molecular weight excluding hydrogens is 440 g/mol. The van der Waals surface area contributed by atoms with Crippen LogP contribution < -0.4 is 5.32 Å². The summed E-state index contributed by atoms with van der Waals surface area (Å²) in [4.78, 5) is 15.3. The summed E-state index contributed by atoms with van der Waals surface area (Å²) in [5, 5.41) is 3.14. The molecule has 0 saturated carbocycles. The first-order chi connectivity index (χ1) is 14.6. The van der Waals surface area contributed by atoms with Crippen molar-refractivity contribution in [3.05, 3.63) is 88.9 Å². The van der Waals surface area contributed by atoms with Crippen molar-refractivity contribution in [3.8, 4) is 11.1 Å². The zero-order valence-corrected chi connectivity index (χ0v) is 18.5. The molecule has 1 amide bonds. The first kappa shape index (κ1) is 20.8. The van der Waals surface area contributed by atoms with Crippen LogP contribution in [0.5, 0.6) is 0 Å². The van der Waals surface area contributed by atoms with Crippen molar-refractivity contribution in [3.63, 3.8) is 0 Å². The maximum absolute atomic E-state index is 13.1. The fraction of sp³-hybridized carbons (Fsp3) is 0.240. The topological polar surface area (TPSA) is 41.6 Å². The van der Waals surface area contributed by atoms with Gasteiger partial charge in [0.1, 0.15) is 0 Å². The van der Waals surface area contributed by atoms with Crippen molar-refractivity contribution in [2.24, 2.45) is 0 Å². The third-order valence-electron chi connectivity index (χ3n) is 5.54. The molecule has 1 saturated heterocycles. The molecule has 0 spiro atoms. The van der Waals surface area contributed by atoms with Crippen LogP contribution in [-0.4, -0.2) is 36.5 Å². The van der Waals surface area contributed by atoms with Gasteiger partial charge >= 0.3 is 0 Å². The molecule has 0 radical (unpaired) electrons. The highest BCUT2D eigenvalue weighted by atomic mass is 79.9. The fourth-order valence-corrected chi connectivity index (χ4v) is 4.03. The second-order valence-electron chi connectivity index (χ2n) is 7.48. The lowest BCUT2D eigenvalue weighted by atomic mass is 10.0. The minimum Gasteiger partial charge on any atom is -0.371 e. The standard InChI is InChI=1S/C25H25BrN2O2/c1-18(28-15-16-30-24(17-28)20-11-13-21(26)14-12-20)25(29)27-23-10-6-5-9-22(23)19-7-3-2-4-8-19/h2-14,18,24H,15-17H2,1H3,(H,27,29). The summed E-state index contributed by atoms with van der Waals surface area (Å²) in [5.41, 5.74) is 4.07. The predicted molar refractivity (Wildman–Crippen MR) is 124 cm³/mol. The number of hydrogen-bond acceptors (Lipinski definition) is 3. The molecule has 154 valence electrons. The Morgan fingerprint density at radius 1 is 1.03 bits per heavy atom. The van der Waals surface area contributed by atoms with Crippen LogP contribution in [0.4, 0.5) is 5.69 Å². The second kappa shape index (κ2) is 9.56. The number of nitrogens with one attached hydrogen (secondary N) is 1. The first-order valence-corrected chi connectivity index (χ1v) is 11.0. The summed E-state index contributed by atoms with van der Waals surface area (Å²) < 4.78 is 7.02. The SMILES string of the molecule is CC(C(=O)Nc1ccccc1-c1ccccc1)N1CCOC(c2ccc(Br)cc2)C1. The highest BCUT2D eigenvalue weighted by molar-refractivity contribution is 9.10. The van der Waals surface area contributed by atoms with E-state index in [1.807, 2.05) is 61.5 Å². The van der Waals surface area contributed by atoms with E-state index < -0.39 is 0 Å². The Balaban J connectivity index is 1.46. The van der Waals surface area contributed by atoms with Crippen LogP contribution in [0, 0.1) is 0 Å². The van der Waals surface area contributed by atoms with E-state index in [9.17, 15) is 4.79 Å². The van der Waals surface area contributed by atoms with Crippen molar-refractivity contribution in [2.45, 2.75) is 19.1 Å². The number of morpholine rings is 1. The first-order valence-electron chi connectivity index (χ1n) is 10.2. The van der Waals surface area contributed by atoms with Crippen molar-refractivity contribution < 1.29 is 9.53 Å². The lowest BCUT2D eigenvalue weighted by molar-refractivity contribution is -0.124. The van der Waals surface area contributed by atoms with Gasteiger partial charge < -0.3 is 10.1 Å². The molecule has 1 aliphatic rings. The molecule has 30 heavy (non-hydrogen) atoms. The van der Waals surface area contributed by atoms with Crippen LogP contribution in [0.15, 0.2) is 83.3 Å². The summed E-state index contributed by atoms with van der Waals surface area (Å²) in [6.07, 6.45) is -0.0290. The van der Waals surface area contributed by atoms with Gasteiger partial charge in [0, 0.05) is 28.8 Å². The van der Waals surface area contributed by atoms with Crippen LogP contribution in [0.2, 0.25) is 0 Å². The number of nitrogens with zero attached hydrogens (tertiary/aromatic N) is 1. The average Bonchev–Trinajstić information content (AvgIpc) is 2.80. The number of carbonyl (C=O) groups is 1. The number of ether oxygens (including phenoxy) is 1. The molecular formula is C25H25BrN2O2. The Kier molecular flexibility index (Phi) is 6.62. The summed E-state index contributed by atoms with van der Waals surface area (Å²) in [6.45, 7) is 4.00. The maximum Gasteiger partial charge on any atom is 0.241 e. The summed E-state index contributed by atoms with van der Waals surface area (Å²) >= 11 is 3.47. The van der Waals surface area contributed by atoms with Crippen LogP contribution in [0.25, 0.3) is 11.1 Å². The van der Waals surface area contributed by atoms with Gasteiger partial charge in [0.05, 0.1) is 18.8 Å². The molecule has 3 aromatic carbocycles. The van der Waals surface area contributed by atoms with Gasteiger partial charge in [0.15, 0.2) is 0 Å². The molecule has 1 N–H and O–H groups in total. The van der Waals surface area contributed by atoms with Gasteiger partial charge in [-0.3, -0.25) is 9.69 Å². The lowest BCUT2D eigenvalue weighted by Gasteiger charge is -2.36. The summed E-state index contributed by atoms with van der Waals surface area (Å²) in [5.74, 6) is -0.00478. The molecule has 4 nitrogen and oxygen atoms in total. The van der Waals surface area contributed by atoms with Crippen molar-refractivity contribution in [1.82, 2.24) is 4.90 Å². The van der Waals surface area contributed by atoms with Crippen LogP contribution in [0.3, 0.4) is 0 Å². The molecule has 5 heteroatoms. The lowest BCUT2D eigenvalue weighted by Crippen LogP contribution is -2.48. The third kappa shape index (κ3) is 4.81. The van der Waals surface area contributed by atoms with Crippen molar-refractivity contribution in [1.29, 1.82) is 0 Å². The Morgan fingerprint density at radius 2 is 1.73 bits per heavy atom. The normalized spacial score (nSPS) is 18.0. The zero-order chi connectivity index (χ0) is 20.9. The van der Waals surface area contributed by atoms with E-state index in [0.29, 0.717) is 13.2 Å². The molecule has 0 aromatic heterocycles. The number of anilines is 1. The smallest absolute Gasteiger partial charge is 0.241 e. The van der Waals surface area contributed by atoms with Gasteiger partial charge in [-0.1, -0.05) is 76.6 Å². The van der Waals surface area contributed by atoms with Gasteiger partial charge in [-0.2, -0.15) is 0 Å². The quantitative estimate of drug-likeness (QED) is 0.540. The van der Waals surface area contributed by atoms with E-state index >= 15 is 0 Å². The number of benzene rings is 3. The molecule has 1 aliphatic heterocycles.